The van der Waals surface area contributed by atoms with Crippen molar-refractivity contribution in [1.82, 2.24) is 15.5 Å². The van der Waals surface area contributed by atoms with Crippen molar-refractivity contribution in [2.24, 2.45) is 11.7 Å². The summed E-state index contributed by atoms with van der Waals surface area (Å²) in [6, 6.07) is 7.14. The first kappa shape index (κ1) is 14.5. The minimum atomic E-state index is -0.245. The van der Waals surface area contributed by atoms with Gasteiger partial charge >= 0.3 is 0 Å². The number of nitrogens with zero attached hydrogens (tertiary/aromatic N) is 2. The number of hydrogen-bond acceptors (Lipinski definition) is 5. The summed E-state index contributed by atoms with van der Waals surface area (Å²) >= 11 is 5.90. The lowest BCUT2D eigenvalue weighted by atomic mass is 10.2. The molecule has 0 saturated carbocycles. The van der Waals surface area contributed by atoms with Crippen LogP contribution in [0.15, 0.2) is 28.8 Å². The number of amides is 1. The fraction of sp³-hybridized carbons (Fsp3) is 0.308. The molecule has 1 unspecified atom stereocenters. The SMILES string of the molecule is CC(CN)C(=O)NCc1nc(-c2cccc(Cl)c2)no1. The number of nitrogens with one attached hydrogen (secondary N) is 1. The van der Waals surface area contributed by atoms with Crippen LogP contribution in [0.4, 0.5) is 0 Å². The summed E-state index contributed by atoms with van der Waals surface area (Å²) in [6.45, 7) is 2.22. The van der Waals surface area contributed by atoms with Crippen molar-refractivity contribution in [3.8, 4) is 11.4 Å². The minimum absolute atomic E-state index is 0.144. The average Bonchev–Trinajstić information content (AvgIpc) is 2.92. The molecule has 1 aromatic carbocycles. The third-order valence-electron chi connectivity index (χ3n) is 2.77. The Hall–Kier alpha value is -1.92. The highest BCUT2D eigenvalue weighted by Gasteiger charge is 2.13. The molecule has 1 amide bonds. The molecule has 7 heteroatoms. The highest BCUT2D eigenvalue weighted by Crippen LogP contribution is 2.19. The molecule has 0 saturated heterocycles. The second-order valence-corrected chi connectivity index (χ2v) is 4.81. The molecule has 0 aliphatic rings. The van der Waals surface area contributed by atoms with Gasteiger partial charge in [-0.25, -0.2) is 0 Å². The number of halogens is 1. The van der Waals surface area contributed by atoms with Gasteiger partial charge in [0.25, 0.3) is 0 Å². The van der Waals surface area contributed by atoms with Gasteiger partial charge < -0.3 is 15.6 Å². The van der Waals surface area contributed by atoms with Crippen LogP contribution in [-0.4, -0.2) is 22.6 Å². The van der Waals surface area contributed by atoms with Crippen LogP contribution in [-0.2, 0) is 11.3 Å². The molecule has 2 aromatic rings. The first-order valence-electron chi connectivity index (χ1n) is 6.16. The smallest absolute Gasteiger partial charge is 0.246 e. The number of carbonyl (C=O) groups is 1. The van der Waals surface area contributed by atoms with Crippen molar-refractivity contribution in [1.29, 1.82) is 0 Å². The van der Waals surface area contributed by atoms with E-state index in [1.165, 1.54) is 0 Å². The van der Waals surface area contributed by atoms with Gasteiger partial charge in [0.2, 0.25) is 17.6 Å². The number of rotatable bonds is 5. The van der Waals surface area contributed by atoms with E-state index in [1.807, 2.05) is 6.07 Å². The van der Waals surface area contributed by atoms with Gasteiger partial charge in [0.05, 0.1) is 6.54 Å². The van der Waals surface area contributed by atoms with Gasteiger partial charge in [-0.15, -0.1) is 0 Å². The lowest BCUT2D eigenvalue weighted by Gasteiger charge is -2.07. The number of carbonyl (C=O) groups excluding carboxylic acids is 1. The maximum Gasteiger partial charge on any atom is 0.246 e. The molecule has 0 aliphatic carbocycles. The zero-order valence-corrected chi connectivity index (χ0v) is 11.7. The van der Waals surface area contributed by atoms with Gasteiger partial charge in [-0.2, -0.15) is 4.98 Å². The molecule has 0 radical (unpaired) electrons. The van der Waals surface area contributed by atoms with Crippen LogP contribution in [0.25, 0.3) is 11.4 Å². The van der Waals surface area contributed by atoms with Gasteiger partial charge in [-0.3, -0.25) is 4.79 Å². The molecular formula is C13H15ClN4O2. The van der Waals surface area contributed by atoms with Crippen LogP contribution in [0, 0.1) is 5.92 Å². The molecule has 0 bridgehead atoms. The van der Waals surface area contributed by atoms with E-state index in [-0.39, 0.29) is 18.4 Å². The second-order valence-electron chi connectivity index (χ2n) is 4.38. The molecule has 2 rings (SSSR count). The largest absolute Gasteiger partial charge is 0.347 e. The summed E-state index contributed by atoms with van der Waals surface area (Å²) < 4.78 is 5.07. The van der Waals surface area contributed by atoms with Gasteiger partial charge in [-0.05, 0) is 12.1 Å². The van der Waals surface area contributed by atoms with Crippen molar-refractivity contribution in [3.05, 3.63) is 35.2 Å². The Bertz CT molecular complexity index is 600. The molecule has 1 atom stereocenters. The lowest BCUT2D eigenvalue weighted by Crippen LogP contribution is -2.32. The predicted molar refractivity (Wildman–Crippen MR) is 74.8 cm³/mol. The van der Waals surface area contributed by atoms with Gasteiger partial charge in [0.1, 0.15) is 0 Å². The first-order valence-corrected chi connectivity index (χ1v) is 6.54. The van der Waals surface area contributed by atoms with Crippen molar-refractivity contribution >= 4 is 17.5 Å². The van der Waals surface area contributed by atoms with Gasteiger partial charge in [0, 0.05) is 23.0 Å². The highest BCUT2D eigenvalue weighted by molar-refractivity contribution is 6.30. The maximum absolute atomic E-state index is 11.6. The molecule has 1 aromatic heterocycles. The molecule has 0 aliphatic heterocycles. The first-order chi connectivity index (χ1) is 9.60. The van der Waals surface area contributed by atoms with E-state index in [0.717, 1.165) is 5.56 Å². The summed E-state index contributed by atoms with van der Waals surface area (Å²) in [6.07, 6.45) is 0. The van der Waals surface area contributed by atoms with E-state index in [2.05, 4.69) is 15.5 Å². The third-order valence-corrected chi connectivity index (χ3v) is 3.00. The summed E-state index contributed by atoms with van der Waals surface area (Å²) in [7, 11) is 0. The molecule has 3 N–H and O–H groups in total. The van der Waals surface area contributed by atoms with Gasteiger partial charge in [-0.1, -0.05) is 35.8 Å². The maximum atomic E-state index is 11.6. The van der Waals surface area contributed by atoms with E-state index >= 15 is 0 Å². The van der Waals surface area contributed by atoms with Gasteiger partial charge in [0.15, 0.2) is 0 Å². The monoisotopic (exact) mass is 294 g/mol. The molecule has 1 heterocycles. The van der Waals surface area contributed by atoms with Crippen LogP contribution >= 0.6 is 11.6 Å². The molecular weight excluding hydrogens is 280 g/mol. The van der Waals surface area contributed by atoms with Crippen LogP contribution in [0.1, 0.15) is 12.8 Å². The minimum Gasteiger partial charge on any atom is -0.347 e. The average molecular weight is 295 g/mol. The standard InChI is InChI=1S/C13H15ClN4O2/c1-8(6-15)13(19)16-7-11-17-12(18-20-11)9-3-2-4-10(14)5-9/h2-5,8H,6-7,15H2,1H3,(H,16,19). The van der Waals surface area contributed by atoms with Crippen molar-refractivity contribution < 1.29 is 9.32 Å². The van der Waals surface area contributed by atoms with Crippen LogP contribution in [0.5, 0.6) is 0 Å². The normalized spacial score (nSPS) is 12.2. The summed E-state index contributed by atoms with van der Waals surface area (Å²) in [5.41, 5.74) is 6.17. The molecule has 20 heavy (non-hydrogen) atoms. The van der Waals surface area contributed by atoms with Crippen LogP contribution < -0.4 is 11.1 Å². The Morgan fingerprint density at radius 2 is 2.35 bits per heavy atom. The Labute approximate surface area is 121 Å². The Kier molecular flexibility index (Phi) is 4.70. The zero-order chi connectivity index (χ0) is 14.5. The number of nitrogens with two attached hydrogens (primary N) is 1. The van der Waals surface area contributed by atoms with Crippen molar-refractivity contribution in [2.75, 3.05) is 6.54 Å². The second kappa shape index (κ2) is 6.49. The third kappa shape index (κ3) is 3.55. The number of benzene rings is 1. The fourth-order valence-electron chi connectivity index (χ4n) is 1.52. The highest BCUT2D eigenvalue weighted by atomic mass is 35.5. The summed E-state index contributed by atoms with van der Waals surface area (Å²) in [5, 5.41) is 7.13. The number of aromatic nitrogens is 2. The van der Waals surface area contributed by atoms with E-state index < -0.39 is 0 Å². The van der Waals surface area contributed by atoms with Crippen LogP contribution in [0.2, 0.25) is 5.02 Å². The van der Waals surface area contributed by atoms with Crippen LogP contribution in [0.3, 0.4) is 0 Å². The Morgan fingerprint density at radius 3 is 3.05 bits per heavy atom. The van der Waals surface area contributed by atoms with E-state index in [4.69, 9.17) is 21.9 Å². The number of hydrogen-bond donors (Lipinski definition) is 2. The molecule has 106 valence electrons. The zero-order valence-electron chi connectivity index (χ0n) is 11.0. The summed E-state index contributed by atoms with van der Waals surface area (Å²) in [5.74, 6) is 0.376. The summed E-state index contributed by atoms with van der Waals surface area (Å²) in [4.78, 5) is 15.8. The van der Waals surface area contributed by atoms with E-state index in [9.17, 15) is 4.79 Å². The predicted octanol–water partition coefficient (Wildman–Crippen LogP) is 1.60. The molecule has 6 nitrogen and oxygen atoms in total. The molecule has 0 spiro atoms. The van der Waals surface area contributed by atoms with E-state index in [0.29, 0.717) is 23.3 Å². The van der Waals surface area contributed by atoms with E-state index in [1.54, 1.807) is 25.1 Å². The fourth-order valence-corrected chi connectivity index (χ4v) is 1.71. The Morgan fingerprint density at radius 1 is 1.55 bits per heavy atom. The van der Waals surface area contributed by atoms with Crippen molar-refractivity contribution in [2.45, 2.75) is 13.5 Å². The van der Waals surface area contributed by atoms with Crippen molar-refractivity contribution in [3.63, 3.8) is 0 Å². The lowest BCUT2D eigenvalue weighted by molar-refractivity contribution is -0.124. The Balaban J connectivity index is 2.01. The quantitative estimate of drug-likeness (QED) is 0.873. The molecule has 0 fully saturated rings. The topological polar surface area (TPSA) is 94.0 Å².